The minimum absolute atomic E-state index is 0.0687. The third-order valence-electron chi connectivity index (χ3n) is 24.5. The SMILES string of the molecule is Brc1cc(CCCCCCC2(c3ccc4c(c3)CC4)c3ccccc3-c3ccccc32)c(Br)cc1CCCCCCC1(c2ccc3c(c2)CC3)c2ccccc2-c2ccccc21.Brc1cc(CCCCCCI)c(Br)cc1CCCCCCI.c1ccc2c(c1)-c1ccccc1C2c1ccc2c(c1)CC2. The molecule has 11 aromatic carbocycles. The molecule has 0 amide bonds. The van der Waals surface area contributed by atoms with Crippen LogP contribution in [-0.2, 0) is 75.0 Å². The summed E-state index contributed by atoms with van der Waals surface area (Å²) in [6.45, 7) is 0. The first kappa shape index (κ1) is 75.2. The summed E-state index contributed by atoms with van der Waals surface area (Å²) in [5.74, 6) is 0.406. The Hall–Kier alpha value is -5.20. The molecule has 0 bridgehead atoms. The number of alkyl halides is 2. The molecule has 6 aliphatic carbocycles. The Morgan fingerprint density at radius 2 is 0.552 bits per heavy atom. The van der Waals surface area contributed by atoms with Gasteiger partial charge in [-0.1, -0.05) is 373 Å². The van der Waals surface area contributed by atoms with Crippen molar-refractivity contribution in [1.82, 2.24) is 0 Å². The van der Waals surface area contributed by atoms with Gasteiger partial charge in [-0.3, -0.25) is 0 Å². The van der Waals surface area contributed by atoms with Crippen molar-refractivity contribution in [3.8, 4) is 33.4 Å². The van der Waals surface area contributed by atoms with E-state index in [0.29, 0.717) is 5.92 Å². The van der Waals surface area contributed by atoms with Crippen molar-refractivity contribution in [2.75, 3.05) is 8.86 Å². The van der Waals surface area contributed by atoms with Crippen LogP contribution in [-0.4, -0.2) is 8.86 Å². The van der Waals surface area contributed by atoms with E-state index in [1.165, 1.54) is 287 Å². The van der Waals surface area contributed by atoms with Gasteiger partial charge in [0.1, 0.15) is 0 Å². The number of halogens is 6. The zero-order valence-corrected chi connectivity index (χ0v) is 71.6. The summed E-state index contributed by atoms with van der Waals surface area (Å²) in [5, 5.41) is 0. The minimum atomic E-state index is -0.0687. The number of aryl methyl sites for hydroxylation is 10. The van der Waals surface area contributed by atoms with E-state index in [1.807, 2.05) is 0 Å². The van der Waals surface area contributed by atoms with E-state index < -0.39 is 0 Å². The van der Waals surface area contributed by atoms with E-state index in [2.05, 4.69) is 333 Å². The van der Waals surface area contributed by atoms with Crippen molar-refractivity contribution in [2.24, 2.45) is 0 Å². The predicted octanol–water partition coefficient (Wildman–Crippen LogP) is 29.7. The highest BCUT2D eigenvalue weighted by Crippen LogP contribution is 2.58. The molecular formula is C99H98Br4I2. The average Bonchev–Trinajstić information content (AvgIpc) is 1.58. The second kappa shape index (κ2) is 35.2. The van der Waals surface area contributed by atoms with Crippen LogP contribution in [0.5, 0.6) is 0 Å². The van der Waals surface area contributed by atoms with E-state index >= 15 is 0 Å². The smallest absolute Gasteiger partial charge is 0.0463 e. The van der Waals surface area contributed by atoms with Crippen LogP contribution in [0.25, 0.3) is 33.4 Å². The van der Waals surface area contributed by atoms with Gasteiger partial charge in [0.15, 0.2) is 0 Å². The molecule has 105 heavy (non-hydrogen) atoms. The van der Waals surface area contributed by atoms with Gasteiger partial charge < -0.3 is 0 Å². The Labute approximate surface area is 688 Å². The number of fused-ring (bicyclic) bond motifs is 12. The molecule has 0 radical (unpaired) electrons. The summed E-state index contributed by atoms with van der Waals surface area (Å²) >= 11 is 20.5. The summed E-state index contributed by atoms with van der Waals surface area (Å²) in [6.07, 6.45) is 35.0. The van der Waals surface area contributed by atoms with Gasteiger partial charge in [-0.25, -0.2) is 0 Å². The standard InChI is InChI=1S/C60H56Br2.C21H16.C18H26Br2I2/c61-57-40-46(18-6-2-4-16-36-60(48-34-32-42-28-30-44(42)38-48)55-25-13-9-21-51(55)52-22-10-14-26-56(52)60)58(62)39-45(57)17-5-1-3-15-35-59(47-33-31-41-27-29-43(41)37-47)53-23-11-7-19-49(53)50-20-8-12-24-54(50)59;1-3-7-19-17(5-1)18-6-2-4-8-20(18)21(19)16-12-10-14-9-11-15(14)13-16;19-17-14-16(10-6-2-4-8-12-22)18(20)13-15(17)9-5-1-3-7-11-21/h7-14,19-26,31-34,37-40H,1-6,15-18,27-30,35-36H2;1-8,10,12-13,21H,9,11H2;13-14H,1-12H2. The number of rotatable bonds is 29. The van der Waals surface area contributed by atoms with Gasteiger partial charge in [-0.05, 0) is 288 Å². The van der Waals surface area contributed by atoms with Crippen LogP contribution < -0.4 is 0 Å². The van der Waals surface area contributed by atoms with Crippen LogP contribution in [0.15, 0.2) is 242 Å². The largest absolute Gasteiger partial charge is 0.0864 e. The van der Waals surface area contributed by atoms with Crippen LogP contribution in [0.2, 0.25) is 0 Å². The van der Waals surface area contributed by atoms with E-state index in [0.717, 1.165) is 25.7 Å². The lowest BCUT2D eigenvalue weighted by Crippen LogP contribution is -2.28. The first-order chi connectivity index (χ1) is 51.6. The Balaban J connectivity index is 0.000000166. The molecule has 0 atom stereocenters. The lowest BCUT2D eigenvalue weighted by atomic mass is 9.68. The molecule has 6 aliphatic rings. The molecule has 0 fully saturated rings. The molecule has 536 valence electrons. The predicted molar refractivity (Wildman–Crippen MR) is 477 cm³/mol. The van der Waals surface area contributed by atoms with Crippen molar-refractivity contribution in [1.29, 1.82) is 0 Å². The molecular weight excluding hydrogens is 1760 g/mol. The Morgan fingerprint density at radius 3 is 0.867 bits per heavy atom. The molecule has 11 aromatic rings. The summed E-state index contributed by atoms with van der Waals surface area (Å²) in [4.78, 5) is 0. The van der Waals surface area contributed by atoms with Crippen molar-refractivity contribution < 1.29 is 0 Å². The number of unbranched alkanes of at least 4 members (excludes halogenated alkanes) is 12. The van der Waals surface area contributed by atoms with Gasteiger partial charge in [0.2, 0.25) is 0 Å². The lowest BCUT2D eigenvalue weighted by molar-refractivity contribution is 0.510. The lowest BCUT2D eigenvalue weighted by Gasteiger charge is -2.35. The third kappa shape index (κ3) is 16.0. The Morgan fingerprint density at radius 1 is 0.267 bits per heavy atom. The van der Waals surface area contributed by atoms with Crippen LogP contribution in [0.1, 0.15) is 227 Å². The molecule has 0 heterocycles. The van der Waals surface area contributed by atoms with Gasteiger partial charge in [-0.2, -0.15) is 0 Å². The average molecular weight is 1860 g/mol. The Bertz CT molecular complexity index is 4520. The van der Waals surface area contributed by atoms with Gasteiger partial charge in [0, 0.05) is 34.6 Å². The van der Waals surface area contributed by atoms with Crippen LogP contribution >= 0.6 is 109 Å². The molecule has 0 aromatic heterocycles. The van der Waals surface area contributed by atoms with Crippen molar-refractivity contribution in [3.05, 3.63) is 348 Å². The highest BCUT2D eigenvalue weighted by molar-refractivity contribution is 14.1. The Kier molecular flexibility index (Phi) is 25.2. The highest BCUT2D eigenvalue weighted by atomic mass is 127. The number of hydrogen-bond acceptors (Lipinski definition) is 0. The zero-order chi connectivity index (χ0) is 71.7. The maximum atomic E-state index is 4.01. The fourth-order valence-electron chi connectivity index (χ4n) is 18.6. The fraction of sp³-hybridized carbons (Fsp3) is 0.333. The molecule has 0 saturated carbocycles. The van der Waals surface area contributed by atoms with Crippen LogP contribution in [0.3, 0.4) is 0 Å². The number of benzene rings is 11. The normalized spacial score (nSPS) is 14.4. The first-order valence-electron chi connectivity index (χ1n) is 39.6. The summed E-state index contributed by atoms with van der Waals surface area (Å²) < 4.78 is 7.72. The fourth-order valence-corrected chi connectivity index (χ4v) is 22.0. The first-order valence-corrected chi connectivity index (χ1v) is 45.9. The van der Waals surface area contributed by atoms with Crippen LogP contribution in [0, 0.1) is 0 Å². The number of hydrogen-bond donors (Lipinski definition) is 0. The monoisotopic (exact) mass is 1860 g/mol. The molecule has 0 N–H and O–H groups in total. The van der Waals surface area contributed by atoms with E-state index in [9.17, 15) is 0 Å². The van der Waals surface area contributed by atoms with Gasteiger partial charge in [0.25, 0.3) is 0 Å². The van der Waals surface area contributed by atoms with E-state index in [1.54, 1.807) is 33.4 Å². The van der Waals surface area contributed by atoms with Crippen LogP contribution in [0.4, 0.5) is 0 Å². The van der Waals surface area contributed by atoms with Crippen molar-refractivity contribution in [2.45, 2.75) is 197 Å². The molecule has 0 spiro atoms. The summed E-state index contributed by atoms with van der Waals surface area (Å²) in [7, 11) is 0. The second-order valence-corrected chi connectivity index (χ2v) is 36.3. The summed E-state index contributed by atoms with van der Waals surface area (Å²) in [5.41, 5.74) is 36.8. The maximum Gasteiger partial charge on any atom is 0.0463 e. The van der Waals surface area contributed by atoms with E-state index in [4.69, 9.17) is 0 Å². The molecule has 6 heteroatoms. The summed E-state index contributed by atoms with van der Waals surface area (Å²) in [6, 6.07) is 86.0. The van der Waals surface area contributed by atoms with Gasteiger partial charge in [-0.15, -0.1) is 0 Å². The molecule has 0 aliphatic heterocycles. The second-order valence-electron chi connectivity index (χ2n) is 30.7. The maximum absolute atomic E-state index is 4.01. The highest BCUT2D eigenvalue weighted by Gasteiger charge is 2.46. The molecule has 0 unspecified atom stereocenters. The van der Waals surface area contributed by atoms with Gasteiger partial charge >= 0.3 is 0 Å². The topological polar surface area (TPSA) is 0 Å². The molecule has 0 saturated heterocycles. The van der Waals surface area contributed by atoms with E-state index in [-0.39, 0.29) is 10.8 Å². The van der Waals surface area contributed by atoms with Crippen molar-refractivity contribution >= 4 is 109 Å². The van der Waals surface area contributed by atoms with Crippen molar-refractivity contribution in [3.63, 3.8) is 0 Å². The quantitative estimate of drug-likeness (QED) is 0.0249. The third-order valence-corrected chi connectivity index (χ3v) is 29.0. The molecule has 0 nitrogen and oxygen atoms in total. The van der Waals surface area contributed by atoms with Gasteiger partial charge in [0.05, 0.1) is 0 Å². The zero-order valence-electron chi connectivity index (χ0n) is 60.9. The molecule has 17 rings (SSSR count). The minimum Gasteiger partial charge on any atom is -0.0864 e.